The maximum absolute atomic E-state index is 5.64. The zero-order valence-electron chi connectivity index (χ0n) is 14.6. The molecule has 6 heteroatoms. The predicted molar refractivity (Wildman–Crippen MR) is 96.8 cm³/mol. The number of aromatic nitrogens is 1. The van der Waals surface area contributed by atoms with E-state index in [1.54, 1.807) is 27.6 Å². The SMILES string of the molecule is COc1c(-c2cc(-c3ccccc3)no2)c(OC)c2ccoc2c1OC. The van der Waals surface area contributed by atoms with Crippen LogP contribution in [0.4, 0.5) is 0 Å². The molecule has 0 N–H and O–H groups in total. The lowest BCUT2D eigenvalue weighted by Crippen LogP contribution is -1.97. The second-order valence-corrected chi connectivity index (χ2v) is 5.58. The van der Waals surface area contributed by atoms with Gasteiger partial charge in [0.05, 0.1) is 33.0 Å². The molecule has 0 amide bonds. The average Bonchev–Trinajstić information content (AvgIpc) is 3.36. The number of hydrogen-bond donors (Lipinski definition) is 0. The van der Waals surface area contributed by atoms with Crippen molar-refractivity contribution >= 4 is 11.0 Å². The van der Waals surface area contributed by atoms with Crippen LogP contribution in [-0.2, 0) is 0 Å². The Hall–Kier alpha value is -3.41. The average molecular weight is 351 g/mol. The number of rotatable bonds is 5. The van der Waals surface area contributed by atoms with Gasteiger partial charge in [0.15, 0.2) is 17.1 Å². The lowest BCUT2D eigenvalue weighted by atomic mass is 10.0. The van der Waals surface area contributed by atoms with Crippen molar-refractivity contribution in [1.82, 2.24) is 5.16 Å². The first kappa shape index (κ1) is 16.1. The highest BCUT2D eigenvalue weighted by Crippen LogP contribution is 2.51. The molecule has 0 aliphatic carbocycles. The molecule has 0 fully saturated rings. The van der Waals surface area contributed by atoms with Crippen LogP contribution >= 0.6 is 0 Å². The topological polar surface area (TPSA) is 66.9 Å². The van der Waals surface area contributed by atoms with Crippen LogP contribution in [0.3, 0.4) is 0 Å². The van der Waals surface area contributed by atoms with Crippen LogP contribution in [0.5, 0.6) is 17.2 Å². The molecule has 4 rings (SSSR count). The summed E-state index contributed by atoms with van der Waals surface area (Å²) in [5.41, 5.74) is 2.84. The standard InChI is InChI=1S/C20H17NO5/c1-22-17-13-9-10-25-18(13)20(24-3)19(23-2)16(17)15-11-14(21-26-15)12-7-5-4-6-8-12/h4-11H,1-3H3. The van der Waals surface area contributed by atoms with E-state index < -0.39 is 0 Å². The van der Waals surface area contributed by atoms with Crippen molar-refractivity contribution < 1.29 is 23.2 Å². The molecule has 4 aromatic rings. The third-order valence-electron chi connectivity index (χ3n) is 4.21. The molecule has 2 aromatic carbocycles. The zero-order chi connectivity index (χ0) is 18.1. The van der Waals surface area contributed by atoms with Gasteiger partial charge < -0.3 is 23.2 Å². The minimum atomic E-state index is 0.461. The molecule has 0 saturated heterocycles. The first-order chi connectivity index (χ1) is 12.8. The van der Waals surface area contributed by atoms with Gasteiger partial charge in [-0.2, -0.15) is 0 Å². The molecular weight excluding hydrogens is 334 g/mol. The summed E-state index contributed by atoms with van der Waals surface area (Å²) in [6.45, 7) is 0. The van der Waals surface area contributed by atoms with Crippen LogP contribution < -0.4 is 14.2 Å². The van der Waals surface area contributed by atoms with Crippen LogP contribution in [0.2, 0.25) is 0 Å². The third kappa shape index (κ3) is 2.38. The quantitative estimate of drug-likeness (QED) is 0.515. The third-order valence-corrected chi connectivity index (χ3v) is 4.21. The Morgan fingerprint density at radius 2 is 1.58 bits per heavy atom. The molecule has 0 aliphatic rings. The smallest absolute Gasteiger partial charge is 0.205 e. The van der Waals surface area contributed by atoms with Gasteiger partial charge in [0.25, 0.3) is 0 Å². The van der Waals surface area contributed by atoms with Crippen molar-refractivity contribution in [2.45, 2.75) is 0 Å². The second-order valence-electron chi connectivity index (χ2n) is 5.58. The predicted octanol–water partition coefficient (Wildman–Crippen LogP) is 4.78. The largest absolute Gasteiger partial charge is 0.495 e. The summed E-state index contributed by atoms with van der Waals surface area (Å²) in [7, 11) is 4.71. The first-order valence-corrected chi connectivity index (χ1v) is 8.00. The number of fused-ring (bicyclic) bond motifs is 1. The van der Waals surface area contributed by atoms with E-state index in [1.807, 2.05) is 42.5 Å². The Morgan fingerprint density at radius 3 is 2.27 bits per heavy atom. The fourth-order valence-electron chi connectivity index (χ4n) is 3.07. The van der Waals surface area contributed by atoms with Crippen molar-refractivity contribution in [2.24, 2.45) is 0 Å². The number of hydrogen-bond acceptors (Lipinski definition) is 6. The van der Waals surface area contributed by atoms with Crippen molar-refractivity contribution in [2.75, 3.05) is 21.3 Å². The highest BCUT2D eigenvalue weighted by atomic mass is 16.5. The van der Waals surface area contributed by atoms with Gasteiger partial charge in [-0.05, 0) is 6.07 Å². The summed E-state index contributed by atoms with van der Waals surface area (Å²) in [5, 5.41) is 4.95. The molecule has 0 bridgehead atoms. The number of ether oxygens (including phenoxy) is 3. The van der Waals surface area contributed by atoms with Crippen LogP contribution in [0.15, 0.2) is 57.7 Å². The highest BCUT2D eigenvalue weighted by Gasteiger charge is 2.27. The van der Waals surface area contributed by atoms with E-state index in [4.69, 9.17) is 23.2 Å². The molecule has 0 aliphatic heterocycles. The maximum Gasteiger partial charge on any atom is 0.205 e. The van der Waals surface area contributed by atoms with Gasteiger partial charge in [-0.25, -0.2) is 0 Å². The summed E-state index contributed by atoms with van der Waals surface area (Å²) in [4.78, 5) is 0. The van der Waals surface area contributed by atoms with Gasteiger partial charge in [0.1, 0.15) is 17.0 Å². The molecule has 26 heavy (non-hydrogen) atoms. The molecular formula is C20H17NO5. The fraction of sp³-hybridized carbons (Fsp3) is 0.150. The van der Waals surface area contributed by atoms with E-state index in [1.165, 1.54) is 0 Å². The van der Waals surface area contributed by atoms with Crippen LogP contribution in [0.1, 0.15) is 0 Å². The normalized spacial score (nSPS) is 10.9. The first-order valence-electron chi connectivity index (χ1n) is 8.00. The molecule has 2 aromatic heterocycles. The zero-order valence-corrected chi connectivity index (χ0v) is 14.6. The van der Waals surface area contributed by atoms with E-state index in [0.717, 1.165) is 16.6 Å². The van der Waals surface area contributed by atoms with Crippen molar-refractivity contribution in [1.29, 1.82) is 0 Å². The molecule has 132 valence electrons. The summed E-state index contributed by atoms with van der Waals surface area (Å²) < 4.78 is 28.0. The molecule has 0 spiro atoms. The highest BCUT2D eigenvalue weighted by molar-refractivity contribution is 6.00. The van der Waals surface area contributed by atoms with Gasteiger partial charge in [0, 0.05) is 11.6 Å². The van der Waals surface area contributed by atoms with E-state index >= 15 is 0 Å². The minimum absolute atomic E-state index is 0.461. The van der Waals surface area contributed by atoms with E-state index in [9.17, 15) is 0 Å². The van der Waals surface area contributed by atoms with Crippen LogP contribution in [0, 0.1) is 0 Å². The van der Waals surface area contributed by atoms with Crippen molar-refractivity contribution in [3.8, 4) is 39.8 Å². The molecule has 2 heterocycles. The number of furan rings is 1. The number of benzene rings is 2. The van der Waals surface area contributed by atoms with Crippen LogP contribution in [0.25, 0.3) is 33.6 Å². The number of nitrogens with zero attached hydrogens (tertiary/aromatic N) is 1. The van der Waals surface area contributed by atoms with E-state index in [0.29, 0.717) is 34.2 Å². The van der Waals surface area contributed by atoms with Gasteiger partial charge in [-0.3, -0.25) is 0 Å². The lowest BCUT2D eigenvalue weighted by Gasteiger charge is -2.15. The Kier molecular flexibility index (Phi) is 4.01. The summed E-state index contributed by atoms with van der Waals surface area (Å²) in [6, 6.07) is 13.5. The summed E-state index contributed by atoms with van der Waals surface area (Å²) >= 11 is 0. The molecule has 6 nitrogen and oxygen atoms in total. The van der Waals surface area contributed by atoms with Gasteiger partial charge >= 0.3 is 0 Å². The Balaban J connectivity index is 1.98. The second kappa shape index (κ2) is 6.48. The van der Waals surface area contributed by atoms with Crippen LogP contribution in [-0.4, -0.2) is 26.5 Å². The van der Waals surface area contributed by atoms with Gasteiger partial charge in [0.2, 0.25) is 5.75 Å². The molecule has 0 unspecified atom stereocenters. The summed E-state index contributed by atoms with van der Waals surface area (Å²) in [6.07, 6.45) is 1.58. The fourth-order valence-corrected chi connectivity index (χ4v) is 3.07. The monoisotopic (exact) mass is 351 g/mol. The Bertz CT molecular complexity index is 1050. The van der Waals surface area contributed by atoms with Gasteiger partial charge in [-0.1, -0.05) is 35.5 Å². The van der Waals surface area contributed by atoms with E-state index in [-0.39, 0.29) is 0 Å². The Labute approximate surface area is 149 Å². The van der Waals surface area contributed by atoms with Crippen molar-refractivity contribution in [3.05, 3.63) is 48.7 Å². The molecule has 0 atom stereocenters. The Morgan fingerprint density at radius 1 is 0.846 bits per heavy atom. The lowest BCUT2D eigenvalue weighted by molar-refractivity contribution is 0.347. The van der Waals surface area contributed by atoms with Gasteiger partial charge in [-0.15, -0.1) is 0 Å². The molecule has 0 saturated carbocycles. The molecule has 0 radical (unpaired) electrons. The summed E-state index contributed by atoms with van der Waals surface area (Å²) in [5.74, 6) is 2.02. The maximum atomic E-state index is 5.64. The van der Waals surface area contributed by atoms with E-state index in [2.05, 4.69) is 5.16 Å². The van der Waals surface area contributed by atoms with Crippen molar-refractivity contribution in [3.63, 3.8) is 0 Å². The minimum Gasteiger partial charge on any atom is -0.495 e. The number of methoxy groups -OCH3 is 3.